The van der Waals surface area contributed by atoms with Gasteiger partial charge in [-0.25, -0.2) is 0 Å². The molecule has 0 unspecified atom stereocenters. The number of carbonyl (C=O) groups is 1. The second-order valence-electron chi connectivity index (χ2n) is 4.41. The number of benzene rings is 1. The van der Waals surface area contributed by atoms with Crippen LogP contribution in [0.5, 0.6) is 0 Å². The topological polar surface area (TPSA) is 29.1 Å². The molecule has 19 heavy (non-hydrogen) atoms. The minimum atomic E-state index is 0.0818. The van der Waals surface area contributed by atoms with Gasteiger partial charge in [-0.3, -0.25) is 4.79 Å². The van der Waals surface area contributed by atoms with Crippen molar-refractivity contribution in [1.82, 2.24) is 5.32 Å². The minimum Gasteiger partial charge on any atom is -0.350 e. The Bertz CT molecular complexity index is 549. The van der Waals surface area contributed by atoms with Crippen molar-refractivity contribution in [2.24, 2.45) is 0 Å². The fraction of sp³-hybridized carbons (Fsp3) is 0.267. The number of hydrogen-bond donors (Lipinski definition) is 1. The summed E-state index contributed by atoms with van der Waals surface area (Å²) >= 11 is 3.25. The zero-order valence-electron chi connectivity index (χ0n) is 11.1. The molecule has 0 fully saturated rings. The van der Waals surface area contributed by atoms with Crippen LogP contribution in [0.25, 0.3) is 0 Å². The number of nitrogens with one attached hydrogen (secondary N) is 1. The predicted molar refractivity (Wildman–Crippen MR) is 82.8 cm³/mol. The van der Waals surface area contributed by atoms with Gasteiger partial charge in [-0.2, -0.15) is 0 Å². The number of thiophene rings is 1. The average molecular weight is 291 g/mol. The lowest BCUT2D eigenvalue weighted by Gasteiger charge is -2.07. The summed E-state index contributed by atoms with van der Waals surface area (Å²) < 4.78 is 0. The summed E-state index contributed by atoms with van der Waals surface area (Å²) in [5.74, 6) is 0.549. The van der Waals surface area contributed by atoms with Crippen molar-refractivity contribution >= 4 is 29.0 Å². The number of aryl methyl sites for hydroxylation is 2. The summed E-state index contributed by atoms with van der Waals surface area (Å²) in [6, 6.07) is 10.3. The van der Waals surface area contributed by atoms with E-state index in [0.717, 1.165) is 0 Å². The van der Waals surface area contributed by atoms with Gasteiger partial charge in [0.05, 0.1) is 12.3 Å². The Kier molecular flexibility index (Phi) is 5.05. The fourth-order valence-electron chi connectivity index (χ4n) is 1.75. The number of hydrogen-bond acceptors (Lipinski definition) is 3. The highest BCUT2D eigenvalue weighted by Gasteiger charge is 2.05. The normalized spacial score (nSPS) is 10.4. The van der Waals surface area contributed by atoms with Crippen LogP contribution in [0, 0.1) is 13.8 Å². The summed E-state index contributed by atoms with van der Waals surface area (Å²) in [6.07, 6.45) is 0. The standard InChI is InChI=1S/C15H17NOS2/c1-11-5-6-14(12(2)8-11)19-10-15(17)16-9-13-4-3-7-18-13/h3-8H,9-10H2,1-2H3,(H,16,17). The van der Waals surface area contributed by atoms with Crippen LogP contribution in [0.4, 0.5) is 0 Å². The maximum atomic E-state index is 11.8. The van der Waals surface area contributed by atoms with Gasteiger partial charge in [-0.15, -0.1) is 23.1 Å². The van der Waals surface area contributed by atoms with Crippen LogP contribution in [0.3, 0.4) is 0 Å². The van der Waals surface area contributed by atoms with Crippen molar-refractivity contribution in [2.75, 3.05) is 5.75 Å². The SMILES string of the molecule is Cc1ccc(SCC(=O)NCc2cccs2)c(C)c1. The Morgan fingerprint density at radius 2 is 2.16 bits per heavy atom. The van der Waals surface area contributed by atoms with Crippen molar-refractivity contribution in [3.8, 4) is 0 Å². The summed E-state index contributed by atoms with van der Waals surface area (Å²) in [4.78, 5) is 14.1. The van der Waals surface area contributed by atoms with Gasteiger partial charge in [0.1, 0.15) is 0 Å². The summed E-state index contributed by atoms with van der Waals surface area (Å²) in [5.41, 5.74) is 2.49. The summed E-state index contributed by atoms with van der Waals surface area (Å²) in [6.45, 7) is 4.79. The first kappa shape index (κ1) is 14.2. The van der Waals surface area contributed by atoms with Gasteiger partial charge in [0.2, 0.25) is 5.91 Å². The molecule has 0 bridgehead atoms. The van der Waals surface area contributed by atoms with E-state index in [1.165, 1.54) is 20.9 Å². The van der Waals surface area contributed by atoms with Gasteiger partial charge in [-0.1, -0.05) is 23.8 Å². The van der Waals surface area contributed by atoms with Gasteiger partial charge in [-0.05, 0) is 36.9 Å². The molecule has 2 rings (SSSR count). The Hall–Kier alpha value is -1.26. The van der Waals surface area contributed by atoms with E-state index in [2.05, 4.69) is 37.4 Å². The van der Waals surface area contributed by atoms with Crippen LogP contribution in [-0.4, -0.2) is 11.7 Å². The van der Waals surface area contributed by atoms with Crippen molar-refractivity contribution in [2.45, 2.75) is 25.3 Å². The lowest BCUT2D eigenvalue weighted by atomic mass is 10.2. The number of amides is 1. The Balaban J connectivity index is 1.80. The quantitative estimate of drug-likeness (QED) is 0.850. The minimum absolute atomic E-state index is 0.0818. The van der Waals surface area contributed by atoms with E-state index in [-0.39, 0.29) is 5.91 Å². The third kappa shape index (κ3) is 4.40. The second-order valence-corrected chi connectivity index (χ2v) is 6.46. The zero-order chi connectivity index (χ0) is 13.7. The smallest absolute Gasteiger partial charge is 0.230 e. The van der Waals surface area contributed by atoms with Crippen LogP contribution in [-0.2, 0) is 11.3 Å². The van der Waals surface area contributed by atoms with Gasteiger partial charge in [0.25, 0.3) is 0 Å². The molecule has 1 heterocycles. The van der Waals surface area contributed by atoms with Crippen LogP contribution >= 0.6 is 23.1 Å². The monoisotopic (exact) mass is 291 g/mol. The lowest BCUT2D eigenvalue weighted by molar-refractivity contribution is -0.118. The molecular weight excluding hydrogens is 274 g/mol. The van der Waals surface area contributed by atoms with E-state index < -0.39 is 0 Å². The number of carbonyl (C=O) groups excluding carboxylic acids is 1. The van der Waals surface area contributed by atoms with E-state index in [4.69, 9.17) is 0 Å². The van der Waals surface area contributed by atoms with Crippen LogP contribution in [0.15, 0.2) is 40.6 Å². The molecule has 1 amide bonds. The highest BCUT2D eigenvalue weighted by Crippen LogP contribution is 2.22. The first-order valence-corrected chi connectivity index (χ1v) is 8.01. The first-order valence-electron chi connectivity index (χ1n) is 6.14. The molecule has 0 aliphatic heterocycles. The van der Waals surface area contributed by atoms with E-state index in [1.807, 2.05) is 17.5 Å². The van der Waals surface area contributed by atoms with E-state index in [9.17, 15) is 4.79 Å². The molecule has 1 aromatic heterocycles. The molecule has 2 nitrogen and oxygen atoms in total. The van der Waals surface area contributed by atoms with E-state index >= 15 is 0 Å². The third-order valence-corrected chi connectivity index (χ3v) is 4.78. The molecule has 0 atom stereocenters. The molecule has 0 spiro atoms. The highest BCUT2D eigenvalue weighted by atomic mass is 32.2. The van der Waals surface area contributed by atoms with Crippen molar-refractivity contribution in [1.29, 1.82) is 0 Å². The highest BCUT2D eigenvalue weighted by molar-refractivity contribution is 8.00. The molecule has 2 aromatic rings. The van der Waals surface area contributed by atoms with Gasteiger partial charge in [0.15, 0.2) is 0 Å². The van der Waals surface area contributed by atoms with Crippen LogP contribution < -0.4 is 5.32 Å². The molecule has 0 aliphatic carbocycles. The summed E-state index contributed by atoms with van der Waals surface area (Å²) in [5, 5.41) is 4.96. The molecule has 1 N–H and O–H groups in total. The molecule has 0 aliphatic rings. The number of rotatable bonds is 5. The Labute approximate surface area is 122 Å². The van der Waals surface area contributed by atoms with Crippen molar-refractivity contribution in [3.05, 3.63) is 51.7 Å². The van der Waals surface area contributed by atoms with Crippen LogP contribution in [0.1, 0.15) is 16.0 Å². The lowest BCUT2D eigenvalue weighted by Crippen LogP contribution is -2.24. The number of thioether (sulfide) groups is 1. The summed E-state index contributed by atoms with van der Waals surface area (Å²) in [7, 11) is 0. The van der Waals surface area contributed by atoms with E-state index in [0.29, 0.717) is 12.3 Å². The molecule has 1 aromatic carbocycles. The Morgan fingerprint density at radius 1 is 1.32 bits per heavy atom. The fourth-order valence-corrected chi connectivity index (χ4v) is 3.24. The van der Waals surface area contributed by atoms with Gasteiger partial charge in [0, 0.05) is 9.77 Å². The largest absolute Gasteiger partial charge is 0.350 e. The van der Waals surface area contributed by atoms with Crippen molar-refractivity contribution < 1.29 is 4.79 Å². The molecule has 0 saturated carbocycles. The maximum absolute atomic E-state index is 11.8. The molecule has 0 radical (unpaired) electrons. The molecular formula is C15H17NOS2. The molecule has 100 valence electrons. The van der Waals surface area contributed by atoms with Crippen LogP contribution in [0.2, 0.25) is 0 Å². The Morgan fingerprint density at radius 3 is 2.84 bits per heavy atom. The van der Waals surface area contributed by atoms with Gasteiger partial charge < -0.3 is 5.32 Å². The zero-order valence-corrected chi connectivity index (χ0v) is 12.7. The van der Waals surface area contributed by atoms with Gasteiger partial charge >= 0.3 is 0 Å². The maximum Gasteiger partial charge on any atom is 0.230 e. The first-order chi connectivity index (χ1) is 9.15. The predicted octanol–water partition coefficient (Wildman–Crippen LogP) is 3.77. The average Bonchev–Trinajstić information content (AvgIpc) is 2.88. The van der Waals surface area contributed by atoms with Crippen molar-refractivity contribution in [3.63, 3.8) is 0 Å². The molecule has 0 saturated heterocycles. The molecule has 4 heteroatoms. The third-order valence-electron chi connectivity index (χ3n) is 2.73. The van der Waals surface area contributed by atoms with E-state index in [1.54, 1.807) is 23.1 Å². The second kappa shape index (κ2) is 6.78.